The van der Waals surface area contributed by atoms with Crippen molar-refractivity contribution in [1.82, 2.24) is 9.78 Å². The standard InChI is InChI=1S/C18H15ClFN3OS/c19-14-4-7-16(20)17(10-14)22-18(24)12-25-11-13-2-5-15(6-3-13)23-9-1-8-21-23/h1-10H,11-12H2,(H,22,24). The molecule has 25 heavy (non-hydrogen) atoms. The summed E-state index contributed by atoms with van der Waals surface area (Å²) in [5, 5.41) is 7.08. The van der Waals surface area contributed by atoms with Gasteiger partial charge in [0.15, 0.2) is 0 Å². The lowest BCUT2D eigenvalue weighted by atomic mass is 10.2. The summed E-state index contributed by atoms with van der Waals surface area (Å²) in [6.07, 6.45) is 3.61. The fourth-order valence-electron chi connectivity index (χ4n) is 2.21. The van der Waals surface area contributed by atoms with Crippen LogP contribution in [0, 0.1) is 5.82 Å². The molecule has 0 saturated heterocycles. The van der Waals surface area contributed by atoms with Crippen LogP contribution in [0.5, 0.6) is 0 Å². The molecule has 3 aromatic rings. The number of benzene rings is 2. The number of hydrogen-bond acceptors (Lipinski definition) is 3. The van der Waals surface area contributed by atoms with Crippen LogP contribution in [-0.2, 0) is 10.5 Å². The molecule has 0 unspecified atom stereocenters. The van der Waals surface area contributed by atoms with Crippen molar-refractivity contribution in [2.45, 2.75) is 5.75 Å². The fourth-order valence-corrected chi connectivity index (χ4v) is 3.17. The van der Waals surface area contributed by atoms with E-state index in [9.17, 15) is 9.18 Å². The average molecular weight is 376 g/mol. The molecule has 0 radical (unpaired) electrons. The quantitative estimate of drug-likeness (QED) is 0.688. The third-order valence-corrected chi connectivity index (χ3v) is 4.65. The summed E-state index contributed by atoms with van der Waals surface area (Å²) in [6, 6.07) is 13.9. The molecule has 0 fully saturated rings. The van der Waals surface area contributed by atoms with Gasteiger partial charge < -0.3 is 5.32 Å². The van der Waals surface area contributed by atoms with Gasteiger partial charge in [-0.1, -0.05) is 23.7 Å². The molecule has 0 atom stereocenters. The molecule has 0 aliphatic heterocycles. The maximum Gasteiger partial charge on any atom is 0.234 e. The van der Waals surface area contributed by atoms with Gasteiger partial charge in [-0.25, -0.2) is 9.07 Å². The molecule has 1 heterocycles. The predicted molar refractivity (Wildman–Crippen MR) is 99.8 cm³/mol. The van der Waals surface area contributed by atoms with Crippen LogP contribution in [0.15, 0.2) is 60.9 Å². The highest BCUT2D eigenvalue weighted by molar-refractivity contribution is 7.99. The molecular formula is C18H15ClFN3OS. The molecule has 0 spiro atoms. The van der Waals surface area contributed by atoms with Crippen molar-refractivity contribution in [2.75, 3.05) is 11.1 Å². The van der Waals surface area contributed by atoms with E-state index in [-0.39, 0.29) is 17.3 Å². The molecule has 0 bridgehead atoms. The number of carbonyl (C=O) groups is 1. The normalized spacial score (nSPS) is 10.6. The Morgan fingerprint density at radius 1 is 1.24 bits per heavy atom. The summed E-state index contributed by atoms with van der Waals surface area (Å²) in [5.41, 5.74) is 2.18. The van der Waals surface area contributed by atoms with Crippen molar-refractivity contribution >= 4 is 35.0 Å². The zero-order chi connectivity index (χ0) is 17.6. The number of thioether (sulfide) groups is 1. The van der Waals surface area contributed by atoms with Crippen molar-refractivity contribution in [2.24, 2.45) is 0 Å². The van der Waals surface area contributed by atoms with E-state index in [1.165, 1.54) is 30.0 Å². The van der Waals surface area contributed by atoms with Crippen LogP contribution in [-0.4, -0.2) is 21.4 Å². The second-order valence-corrected chi connectivity index (χ2v) is 6.70. The van der Waals surface area contributed by atoms with Crippen molar-refractivity contribution in [1.29, 1.82) is 0 Å². The number of nitrogens with one attached hydrogen (secondary N) is 1. The van der Waals surface area contributed by atoms with Crippen molar-refractivity contribution in [3.63, 3.8) is 0 Å². The molecule has 4 nitrogen and oxygen atoms in total. The zero-order valence-electron chi connectivity index (χ0n) is 13.2. The molecule has 0 aliphatic rings. The number of amides is 1. The van der Waals surface area contributed by atoms with Gasteiger partial charge in [0.1, 0.15) is 5.82 Å². The second kappa shape index (κ2) is 8.18. The molecule has 3 rings (SSSR count). The molecule has 1 amide bonds. The summed E-state index contributed by atoms with van der Waals surface area (Å²) in [4.78, 5) is 11.9. The third kappa shape index (κ3) is 4.84. The number of carbonyl (C=O) groups excluding carboxylic acids is 1. The number of hydrogen-bond donors (Lipinski definition) is 1. The van der Waals surface area contributed by atoms with E-state index < -0.39 is 5.82 Å². The second-order valence-electron chi connectivity index (χ2n) is 5.28. The highest BCUT2D eigenvalue weighted by Gasteiger charge is 2.08. The topological polar surface area (TPSA) is 46.9 Å². The predicted octanol–water partition coefficient (Wildman–Crippen LogP) is 4.54. The summed E-state index contributed by atoms with van der Waals surface area (Å²) >= 11 is 7.26. The Morgan fingerprint density at radius 3 is 2.76 bits per heavy atom. The maximum atomic E-state index is 13.6. The minimum atomic E-state index is -0.503. The van der Waals surface area contributed by atoms with Gasteiger partial charge in [0.25, 0.3) is 0 Å². The molecular weight excluding hydrogens is 361 g/mol. The van der Waals surface area contributed by atoms with E-state index in [2.05, 4.69) is 10.4 Å². The lowest BCUT2D eigenvalue weighted by molar-refractivity contribution is -0.113. The van der Waals surface area contributed by atoms with E-state index in [0.29, 0.717) is 10.8 Å². The van der Waals surface area contributed by atoms with Gasteiger partial charge in [0.2, 0.25) is 5.91 Å². The van der Waals surface area contributed by atoms with E-state index in [4.69, 9.17) is 11.6 Å². The monoisotopic (exact) mass is 375 g/mol. The van der Waals surface area contributed by atoms with Gasteiger partial charge >= 0.3 is 0 Å². The molecule has 0 aliphatic carbocycles. The first-order valence-corrected chi connectivity index (χ1v) is 9.07. The molecule has 0 saturated carbocycles. The van der Waals surface area contributed by atoms with E-state index in [0.717, 1.165) is 11.3 Å². The Bertz CT molecular complexity index is 853. The van der Waals surface area contributed by atoms with Gasteiger partial charge in [0, 0.05) is 23.2 Å². The molecule has 2 aromatic carbocycles. The Kier molecular flexibility index (Phi) is 5.73. The maximum absolute atomic E-state index is 13.6. The number of anilines is 1. The highest BCUT2D eigenvalue weighted by atomic mass is 35.5. The largest absolute Gasteiger partial charge is 0.323 e. The van der Waals surface area contributed by atoms with Crippen LogP contribution < -0.4 is 5.32 Å². The Hall–Kier alpha value is -2.31. The van der Waals surface area contributed by atoms with Crippen LogP contribution in [0.1, 0.15) is 5.56 Å². The first-order chi connectivity index (χ1) is 12.1. The van der Waals surface area contributed by atoms with Gasteiger partial charge in [-0.15, -0.1) is 11.8 Å². The summed E-state index contributed by atoms with van der Waals surface area (Å²) < 4.78 is 15.4. The minimum Gasteiger partial charge on any atom is -0.323 e. The van der Waals surface area contributed by atoms with Crippen LogP contribution in [0.3, 0.4) is 0 Å². The number of halogens is 2. The SMILES string of the molecule is O=C(CSCc1ccc(-n2cccn2)cc1)Nc1cc(Cl)ccc1F. The van der Waals surface area contributed by atoms with E-state index in [1.54, 1.807) is 10.9 Å². The van der Waals surface area contributed by atoms with Crippen LogP contribution in [0.4, 0.5) is 10.1 Å². The average Bonchev–Trinajstić information content (AvgIpc) is 3.13. The smallest absolute Gasteiger partial charge is 0.234 e. The Balaban J connectivity index is 1.49. The van der Waals surface area contributed by atoms with Crippen LogP contribution >= 0.6 is 23.4 Å². The van der Waals surface area contributed by atoms with E-state index in [1.807, 2.05) is 36.5 Å². The molecule has 7 heteroatoms. The first-order valence-electron chi connectivity index (χ1n) is 7.53. The fraction of sp³-hybridized carbons (Fsp3) is 0.111. The Morgan fingerprint density at radius 2 is 2.04 bits per heavy atom. The van der Waals surface area contributed by atoms with Crippen LogP contribution in [0.25, 0.3) is 5.69 Å². The summed E-state index contributed by atoms with van der Waals surface area (Å²) in [5.74, 6) is 0.147. The zero-order valence-corrected chi connectivity index (χ0v) is 14.7. The molecule has 128 valence electrons. The van der Waals surface area contributed by atoms with Gasteiger partial charge in [-0.05, 0) is 42.0 Å². The highest BCUT2D eigenvalue weighted by Crippen LogP contribution is 2.20. The molecule has 1 N–H and O–H groups in total. The van der Waals surface area contributed by atoms with E-state index >= 15 is 0 Å². The number of rotatable bonds is 6. The van der Waals surface area contributed by atoms with Gasteiger partial charge in [-0.3, -0.25) is 4.79 Å². The van der Waals surface area contributed by atoms with Crippen molar-refractivity contribution in [3.05, 3.63) is 77.3 Å². The third-order valence-electron chi connectivity index (χ3n) is 3.41. The summed E-state index contributed by atoms with van der Waals surface area (Å²) in [6.45, 7) is 0. The summed E-state index contributed by atoms with van der Waals surface area (Å²) in [7, 11) is 0. The Labute approximate surface area is 154 Å². The first kappa shape index (κ1) is 17.5. The van der Waals surface area contributed by atoms with Crippen molar-refractivity contribution < 1.29 is 9.18 Å². The lowest BCUT2D eigenvalue weighted by Crippen LogP contribution is -2.15. The van der Waals surface area contributed by atoms with Gasteiger partial charge in [0.05, 0.1) is 17.1 Å². The van der Waals surface area contributed by atoms with Crippen LogP contribution in [0.2, 0.25) is 5.02 Å². The number of nitrogens with zero attached hydrogens (tertiary/aromatic N) is 2. The van der Waals surface area contributed by atoms with Crippen molar-refractivity contribution in [3.8, 4) is 5.69 Å². The minimum absolute atomic E-state index is 0.0988. The number of aromatic nitrogens is 2. The molecule has 1 aromatic heterocycles. The lowest BCUT2D eigenvalue weighted by Gasteiger charge is -2.07. The van der Waals surface area contributed by atoms with Gasteiger partial charge in [-0.2, -0.15) is 5.10 Å².